The van der Waals surface area contributed by atoms with E-state index >= 15 is 0 Å². The number of nitrogens with zero attached hydrogens (tertiary/aromatic N) is 2. The second-order valence-corrected chi connectivity index (χ2v) is 6.23. The third kappa shape index (κ3) is 3.20. The van der Waals surface area contributed by atoms with Crippen LogP contribution in [0, 0.1) is 0 Å². The summed E-state index contributed by atoms with van der Waals surface area (Å²) in [5, 5.41) is 9.87. The highest BCUT2D eigenvalue weighted by Gasteiger charge is 2.27. The third-order valence-electron chi connectivity index (χ3n) is 3.57. The van der Waals surface area contributed by atoms with E-state index in [9.17, 15) is 4.79 Å². The van der Waals surface area contributed by atoms with Crippen LogP contribution in [-0.4, -0.2) is 40.3 Å². The van der Waals surface area contributed by atoms with Crippen molar-refractivity contribution < 1.29 is 14.6 Å². The summed E-state index contributed by atoms with van der Waals surface area (Å²) < 4.78 is 5.83. The molecule has 1 amide bonds. The summed E-state index contributed by atoms with van der Waals surface area (Å²) in [5.74, 6) is 0.747. The maximum Gasteiger partial charge on any atom is 0.407 e. The largest absolute Gasteiger partial charge is 0.489 e. The molecule has 0 unspecified atom stereocenters. The Morgan fingerprint density at radius 1 is 1.45 bits per heavy atom. The average molecular weight is 319 g/mol. The first-order valence-corrected chi connectivity index (χ1v) is 7.87. The van der Waals surface area contributed by atoms with E-state index < -0.39 is 6.09 Å². The van der Waals surface area contributed by atoms with Crippen LogP contribution in [0.5, 0.6) is 5.75 Å². The molecule has 22 heavy (non-hydrogen) atoms. The summed E-state index contributed by atoms with van der Waals surface area (Å²) in [6.45, 7) is 1.45. The minimum Gasteiger partial charge on any atom is -0.489 e. The quantitative estimate of drug-likeness (QED) is 0.903. The summed E-state index contributed by atoms with van der Waals surface area (Å²) in [5.41, 5.74) is 6.62. The fraction of sp³-hybridized carbons (Fsp3) is 0.333. The van der Waals surface area contributed by atoms with Gasteiger partial charge in [-0.05, 0) is 24.3 Å². The van der Waals surface area contributed by atoms with Crippen LogP contribution in [0.3, 0.4) is 0 Å². The van der Waals surface area contributed by atoms with Crippen LogP contribution in [-0.2, 0) is 6.54 Å². The Morgan fingerprint density at radius 3 is 2.82 bits per heavy atom. The van der Waals surface area contributed by atoms with E-state index in [0.29, 0.717) is 19.6 Å². The minimum absolute atomic E-state index is 0.0781. The molecule has 1 atom stereocenters. The first kappa shape index (κ1) is 14.8. The first-order valence-electron chi connectivity index (χ1n) is 7.05. The summed E-state index contributed by atoms with van der Waals surface area (Å²) in [7, 11) is 0. The minimum atomic E-state index is -0.888. The summed E-state index contributed by atoms with van der Waals surface area (Å²) in [6.07, 6.45) is 1.55. The zero-order chi connectivity index (χ0) is 15.5. The number of carboxylic acid groups (broad SMARTS) is 1. The van der Waals surface area contributed by atoms with Gasteiger partial charge in [-0.25, -0.2) is 9.78 Å². The SMILES string of the molecule is NCc1cnc(-c2ccc(O[C@@H]3CCN(C(=O)O)C3)cc2)s1. The van der Waals surface area contributed by atoms with Crippen LogP contribution >= 0.6 is 11.3 Å². The van der Waals surface area contributed by atoms with Gasteiger partial charge in [-0.15, -0.1) is 11.3 Å². The number of benzene rings is 1. The molecule has 1 aromatic heterocycles. The van der Waals surface area contributed by atoms with Gasteiger partial charge in [0, 0.05) is 36.1 Å². The van der Waals surface area contributed by atoms with Crippen molar-refractivity contribution in [2.45, 2.75) is 19.1 Å². The molecule has 2 aromatic rings. The summed E-state index contributed by atoms with van der Waals surface area (Å²) in [6, 6.07) is 7.70. The summed E-state index contributed by atoms with van der Waals surface area (Å²) in [4.78, 5) is 17.7. The van der Waals surface area contributed by atoms with E-state index in [0.717, 1.165) is 27.6 Å². The van der Waals surface area contributed by atoms with E-state index in [1.54, 1.807) is 17.5 Å². The molecule has 7 heteroatoms. The Kier molecular flexibility index (Phi) is 4.26. The van der Waals surface area contributed by atoms with Crippen LogP contribution < -0.4 is 10.5 Å². The van der Waals surface area contributed by atoms with E-state index in [1.807, 2.05) is 24.3 Å². The molecule has 2 heterocycles. The number of rotatable bonds is 4. The van der Waals surface area contributed by atoms with E-state index in [1.165, 1.54) is 4.90 Å². The van der Waals surface area contributed by atoms with Gasteiger partial charge in [-0.2, -0.15) is 0 Å². The third-order valence-corrected chi connectivity index (χ3v) is 4.64. The maximum absolute atomic E-state index is 10.9. The van der Waals surface area contributed by atoms with Crippen LogP contribution in [0.25, 0.3) is 10.6 Å². The van der Waals surface area contributed by atoms with Crippen molar-refractivity contribution in [1.82, 2.24) is 9.88 Å². The number of aromatic nitrogens is 1. The number of likely N-dealkylation sites (tertiary alicyclic amines) is 1. The lowest BCUT2D eigenvalue weighted by molar-refractivity contribution is 0.145. The predicted octanol–water partition coefficient (Wildman–Crippen LogP) is 2.40. The molecule has 3 rings (SSSR count). The van der Waals surface area contributed by atoms with Crippen LogP contribution in [0.4, 0.5) is 4.79 Å². The van der Waals surface area contributed by atoms with Crippen LogP contribution in [0.2, 0.25) is 0 Å². The molecule has 1 aliphatic rings. The number of carbonyl (C=O) groups is 1. The fourth-order valence-electron chi connectivity index (χ4n) is 2.40. The lowest BCUT2D eigenvalue weighted by Crippen LogP contribution is -2.29. The number of ether oxygens (including phenoxy) is 1. The number of hydrogen-bond donors (Lipinski definition) is 2. The van der Waals surface area contributed by atoms with Gasteiger partial charge in [-0.3, -0.25) is 0 Å². The van der Waals surface area contributed by atoms with E-state index in [4.69, 9.17) is 15.6 Å². The Balaban J connectivity index is 1.63. The van der Waals surface area contributed by atoms with E-state index in [2.05, 4.69) is 4.98 Å². The van der Waals surface area contributed by atoms with Crippen LogP contribution in [0.15, 0.2) is 30.5 Å². The molecule has 0 aliphatic carbocycles. The molecule has 116 valence electrons. The molecule has 0 radical (unpaired) electrons. The lowest BCUT2D eigenvalue weighted by atomic mass is 10.2. The Morgan fingerprint density at radius 2 is 2.23 bits per heavy atom. The topological polar surface area (TPSA) is 88.7 Å². The zero-order valence-corrected chi connectivity index (χ0v) is 12.8. The molecule has 1 aliphatic heterocycles. The molecular formula is C15H17N3O3S. The number of hydrogen-bond acceptors (Lipinski definition) is 5. The Labute approximate surface area is 132 Å². The molecule has 0 spiro atoms. The second kappa shape index (κ2) is 6.33. The van der Waals surface area contributed by atoms with Crippen molar-refractivity contribution in [1.29, 1.82) is 0 Å². The first-order chi connectivity index (χ1) is 10.7. The molecule has 1 aromatic carbocycles. The zero-order valence-electron chi connectivity index (χ0n) is 11.9. The van der Waals surface area contributed by atoms with Gasteiger partial charge >= 0.3 is 6.09 Å². The molecule has 0 saturated carbocycles. The van der Waals surface area contributed by atoms with Crippen molar-refractivity contribution in [3.8, 4) is 16.3 Å². The number of thiazole rings is 1. The Bertz CT molecular complexity index is 656. The van der Waals surface area contributed by atoms with Gasteiger partial charge in [-0.1, -0.05) is 0 Å². The molecule has 6 nitrogen and oxygen atoms in total. The number of amides is 1. The lowest BCUT2D eigenvalue weighted by Gasteiger charge is -2.14. The van der Waals surface area contributed by atoms with Crippen molar-refractivity contribution in [2.75, 3.05) is 13.1 Å². The molecule has 1 fully saturated rings. The average Bonchev–Trinajstić information content (AvgIpc) is 3.17. The highest BCUT2D eigenvalue weighted by molar-refractivity contribution is 7.15. The normalized spacial score (nSPS) is 17.7. The smallest absolute Gasteiger partial charge is 0.407 e. The predicted molar refractivity (Wildman–Crippen MR) is 84.1 cm³/mol. The van der Waals surface area contributed by atoms with Crippen molar-refractivity contribution in [3.05, 3.63) is 35.3 Å². The highest BCUT2D eigenvalue weighted by Crippen LogP contribution is 2.27. The second-order valence-electron chi connectivity index (χ2n) is 5.12. The van der Waals surface area contributed by atoms with Gasteiger partial charge in [0.25, 0.3) is 0 Å². The maximum atomic E-state index is 10.9. The fourth-order valence-corrected chi connectivity index (χ4v) is 3.20. The molecule has 0 bridgehead atoms. The number of nitrogens with two attached hydrogens (primary N) is 1. The van der Waals surface area contributed by atoms with Gasteiger partial charge < -0.3 is 20.5 Å². The molecular weight excluding hydrogens is 302 g/mol. The Hall–Kier alpha value is -2.12. The van der Waals surface area contributed by atoms with Gasteiger partial charge in [0.1, 0.15) is 16.9 Å². The van der Waals surface area contributed by atoms with Gasteiger partial charge in [0.05, 0.1) is 6.54 Å². The summed E-state index contributed by atoms with van der Waals surface area (Å²) >= 11 is 1.58. The van der Waals surface area contributed by atoms with Gasteiger partial charge in [0.15, 0.2) is 0 Å². The van der Waals surface area contributed by atoms with Gasteiger partial charge in [0.2, 0.25) is 0 Å². The highest BCUT2D eigenvalue weighted by atomic mass is 32.1. The van der Waals surface area contributed by atoms with Crippen LogP contribution in [0.1, 0.15) is 11.3 Å². The molecule has 3 N–H and O–H groups in total. The van der Waals surface area contributed by atoms with Crippen molar-refractivity contribution >= 4 is 17.4 Å². The monoisotopic (exact) mass is 319 g/mol. The van der Waals surface area contributed by atoms with Crippen molar-refractivity contribution in [2.24, 2.45) is 5.73 Å². The standard InChI is InChI=1S/C15H17N3O3S/c16-7-13-8-17-14(22-13)10-1-3-11(4-2-10)21-12-5-6-18(9-12)15(19)20/h1-4,8,12H,5-7,9,16H2,(H,19,20)/t12-/m1/s1. The van der Waals surface area contributed by atoms with E-state index in [-0.39, 0.29) is 6.10 Å². The van der Waals surface area contributed by atoms with Crippen molar-refractivity contribution in [3.63, 3.8) is 0 Å². The molecule has 1 saturated heterocycles.